The van der Waals surface area contributed by atoms with Crippen molar-refractivity contribution in [2.24, 2.45) is 0 Å². The van der Waals surface area contributed by atoms with E-state index in [1.807, 2.05) is 26.0 Å². The Kier molecular flexibility index (Phi) is 2.58. The molecule has 66 valence electrons. The van der Waals surface area contributed by atoms with Crippen LogP contribution in [0.2, 0.25) is 0 Å². The van der Waals surface area contributed by atoms with Crippen molar-refractivity contribution >= 4 is 0 Å². The summed E-state index contributed by atoms with van der Waals surface area (Å²) in [4.78, 5) is 0. The number of methoxy groups -OCH3 is 2. The molecule has 0 amide bonds. The summed E-state index contributed by atoms with van der Waals surface area (Å²) in [6.07, 6.45) is 0. The van der Waals surface area contributed by atoms with Crippen LogP contribution in [0, 0.1) is 13.8 Å². The van der Waals surface area contributed by atoms with Crippen LogP contribution in [0.1, 0.15) is 11.1 Å². The van der Waals surface area contributed by atoms with Gasteiger partial charge in [0.05, 0.1) is 14.2 Å². The summed E-state index contributed by atoms with van der Waals surface area (Å²) in [6.45, 7) is 4.00. The van der Waals surface area contributed by atoms with E-state index in [0.29, 0.717) is 0 Å². The van der Waals surface area contributed by atoms with Gasteiger partial charge in [0.25, 0.3) is 0 Å². The van der Waals surface area contributed by atoms with Crippen molar-refractivity contribution in [1.29, 1.82) is 0 Å². The molecule has 1 aromatic carbocycles. The normalized spacial score (nSPS) is 9.67. The Bertz CT molecular complexity index is 250. The fraction of sp³-hybridized carbons (Fsp3) is 0.400. The van der Waals surface area contributed by atoms with Crippen LogP contribution in [0.3, 0.4) is 0 Å². The first kappa shape index (κ1) is 8.91. The van der Waals surface area contributed by atoms with E-state index in [1.165, 1.54) is 0 Å². The summed E-state index contributed by atoms with van der Waals surface area (Å²) < 4.78 is 10.3. The largest absolute Gasteiger partial charge is 0.496 e. The Morgan fingerprint density at radius 3 is 1.42 bits per heavy atom. The molecule has 1 rings (SSSR count). The van der Waals surface area contributed by atoms with Crippen LogP contribution in [0.4, 0.5) is 0 Å². The number of benzene rings is 1. The van der Waals surface area contributed by atoms with Gasteiger partial charge in [0.15, 0.2) is 0 Å². The zero-order chi connectivity index (χ0) is 9.14. The van der Waals surface area contributed by atoms with Crippen LogP contribution in [0.15, 0.2) is 12.1 Å². The third-order valence-corrected chi connectivity index (χ3v) is 1.91. The molecular weight excluding hydrogens is 152 g/mol. The van der Waals surface area contributed by atoms with Gasteiger partial charge in [0.1, 0.15) is 11.5 Å². The summed E-state index contributed by atoms with van der Waals surface area (Å²) in [6, 6.07) is 3.96. The highest BCUT2D eigenvalue weighted by atomic mass is 16.5. The minimum atomic E-state index is 0.910. The van der Waals surface area contributed by atoms with Crippen molar-refractivity contribution in [3.63, 3.8) is 0 Å². The third-order valence-electron chi connectivity index (χ3n) is 1.91. The zero-order valence-corrected chi connectivity index (χ0v) is 7.97. The molecular formula is C10H14O2. The molecule has 1 aromatic rings. The van der Waals surface area contributed by atoms with Crippen molar-refractivity contribution in [1.82, 2.24) is 0 Å². The van der Waals surface area contributed by atoms with Gasteiger partial charge in [-0.3, -0.25) is 0 Å². The lowest BCUT2D eigenvalue weighted by atomic mass is 10.1. The third kappa shape index (κ3) is 1.52. The highest BCUT2D eigenvalue weighted by molar-refractivity contribution is 5.45. The minimum absolute atomic E-state index is 0.910. The highest BCUT2D eigenvalue weighted by Crippen LogP contribution is 2.26. The lowest BCUT2D eigenvalue weighted by Crippen LogP contribution is -1.92. The maximum absolute atomic E-state index is 5.17. The Labute approximate surface area is 73.1 Å². The fourth-order valence-corrected chi connectivity index (χ4v) is 1.20. The van der Waals surface area contributed by atoms with Crippen molar-refractivity contribution in [3.05, 3.63) is 23.3 Å². The molecule has 0 aromatic heterocycles. The number of hydrogen-bond acceptors (Lipinski definition) is 2. The molecule has 0 saturated carbocycles. The average molecular weight is 166 g/mol. The van der Waals surface area contributed by atoms with E-state index >= 15 is 0 Å². The summed E-state index contributed by atoms with van der Waals surface area (Å²) in [5, 5.41) is 0. The standard InChI is InChI=1S/C10H14O2/c1-7-5-10(12-4)8(2)6-9(7)11-3/h5-6H,1-4H3. The molecule has 0 N–H and O–H groups in total. The monoisotopic (exact) mass is 166 g/mol. The van der Waals surface area contributed by atoms with Crippen LogP contribution in [0.5, 0.6) is 11.5 Å². The average Bonchev–Trinajstić information content (AvgIpc) is 2.08. The van der Waals surface area contributed by atoms with Gasteiger partial charge in [-0.1, -0.05) is 0 Å². The lowest BCUT2D eigenvalue weighted by Gasteiger charge is -2.09. The summed E-state index contributed by atoms with van der Waals surface area (Å²) in [5.74, 6) is 1.82. The van der Waals surface area contributed by atoms with Crippen LogP contribution < -0.4 is 9.47 Å². The van der Waals surface area contributed by atoms with E-state index in [0.717, 1.165) is 22.6 Å². The minimum Gasteiger partial charge on any atom is -0.496 e. The van der Waals surface area contributed by atoms with E-state index < -0.39 is 0 Å². The Hall–Kier alpha value is -1.18. The van der Waals surface area contributed by atoms with Crippen molar-refractivity contribution in [2.75, 3.05) is 14.2 Å². The molecule has 0 atom stereocenters. The van der Waals surface area contributed by atoms with Crippen LogP contribution in [-0.2, 0) is 0 Å². The summed E-state index contributed by atoms with van der Waals surface area (Å²) in [7, 11) is 3.35. The summed E-state index contributed by atoms with van der Waals surface area (Å²) >= 11 is 0. The Morgan fingerprint density at radius 2 is 1.17 bits per heavy atom. The maximum Gasteiger partial charge on any atom is 0.122 e. The van der Waals surface area contributed by atoms with Gasteiger partial charge in [0, 0.05) is 0 Å². The van der Waals surface area contributed by atoms with Crippen molar-refractivity contribution in [2.45, 2.75) is 13.8 Å². The van der Waals surface area contributed by atoms with E-state index in [-0.39, 0.29) is 0 Å². The Balaban J connectivity index is 3.16. The SMILES string of the molecule is COc1cc(C)c(OC)cc1C. The van der Waals surface area contributed by atoms with Gasteiger partial charge in [0.2, 0.25) is 0 Å². The van der Waals surface area contributed by atoms with Gasteiger partial charge < -0.3 is 9.47 Å². The number of aryl methyl sites for hydroxylation is 2. The van der Waals surface area contributed by atoms with Crippen LogP contribution in [-0.4, -0.2) is 14.2 Å². The molecule has 0 fully saturated rings. The second-order valence-corrected chi connectivity index (χ2v) is 2.79. The Morgan fingerprint density at radius 1 is 0.833 bits per heavy atom. The van der Waals surface area contributed by atoms with E-state index in [9.17, 15) is 0 Å². The molecule has 2 nitrogen and oxygen atoms in total. The molecule has 12 heavy (non-hydrogen) atoms. The molecule has 0 aliphatic heterocycles. The first-order chi connectivity index (χ1) is 5.69. The molecule has 0 saturated heterocycles. The molecule has 0 aliphatic carbocycles. The molecule has 0 heterocycles. The maximum atomic E-state index is 5.17. The van der Waals surface area contributed by atoms with Crippen LogP contribution >= 0.6 is 0 Å². The van der Waals surface area contributed by atoms with Crippen LogP contribution in [0.25, 0.3) is 0 Å². The van der Waals surface area contributed by atoms with Crippen molar-refractivity contribution in [3.8, 4) is 11.5 Å². The van der Waals surface area contributed by atoms with E-state index in [4.69, 9.17) is 9.47 Å². The molecule has 2 heteroatoms. The lowest BCUT2D eigenvalue weighted by molar-refractivity contribution is 0.398. The quantitative estimate of drug-likeness (QED) is 0.671. The smallest absolute Gasteiger partial charge is 0.122 e. The van der Waals surface area contributed by atoms with Gasteiger partial charge >= 0.3 is 0 Å². The number of rotatable bonds is 2. The fourth-order valence-electron chi connectivity index (χ4n) is 1.20. The molecule has 0 radical (unpaired) electrons. The predicted octanol–water partition coefficient (Wildman–Crippen LogP) is 2.32. The first-order valence-electron chi connectivity index (χ1n) is 3.88. The van der Waals surface area contributed by atoms with Gasteiger partial charge in [-0.25, -0.2) is 0 Å². The highest BCUT2D eigenvalue weighted by Gasteiger charge is 2.03. The van der Waals surface area contributed by atoms with E-state index in [2.05, 4.69) is 0 Å². The molecule has 0 aliphatic rings. The molecule has 0 spiro atoms. The zero-order valence-electron chi connectivity index (χ0n) is 7.97. The molecule has 0 bridgehead atoms. The topological polar surface area (TPSA) is 18.5 Å². The van der Waals surface area contributed by atoms with Gasteiger partial charge in [-0.15, -0.1) is 0 Å². The number of ether oxygens (including phenoxy) is 2. The van der Waals surface area contributed by atoms with E-state index in [1.54, 1.807) is 14.2 Å². The second-order valence-electron chi connectivity index (χ2n) is 2.79. The number of hydrogen-bond donors (Lipinski definition) is 0. The summed E-state index contributed by atoms with van der Waals surface area (Å²) in [5.41, 5.74) is 2.19. The van der Waals surface area contributed by atoms with Crippen molar-refractivity contribution < 1.29 is 9.47 Å². The molecule has 0 unspecified atom stereocenters. The predicted molar refractivity (Wildman–Crippen MR) is 49.0 cm³/mol. The first-order valence-corrected chi connectivity index (χ1v) is 3.88. The van der Waals surface area contributed by atoms with Gasteiger partial charge in [-0.05, 0) is 37.1 Å². The van der Waals surface area contributed by atoms with Gasteiger partial charge in [-0.2, -0.15) is 0 Å². The second kappa shape index (κ2) is 3.48.